The lowest BCUT2D eigenvalue weighted by Gasteiger charge is -2.31. The van der Waals surface area contributed by atoms with Gasteiger partial charge in [-0.25, -0.2) is 21.6 Å². The third-order valence-corrected chi connectivity index (χ3v) is 11.4. The number of carbonyl (C=O) groups is 1. The molecule has 0 spiro atoms. The number of fused-ring (bicyclic) bond motifs is 1. The molecule has 2 aliphatic rings. The van der Waals surface area contributed by atoms with Gasteiger partial charge in [0.2, 0.25) is 10.0 Å². The number of ether oxygens (including phenoxy) is 5. The Morgan fingerprint density at radius 1 is 0.882 bits per heavy atom. The van der Waals surface area contributed by atoms with Crippen LogP contribution in [0.25, 0.3) is 0 Å². The zero-order valence-corrected chi connectivity index (χ0v) is 31.1. The van der Waals surface area contributed by atoms with E-state index in [-0.39, 0.29) is 49.1 Å². The molecule has 51 heavy (non-hydrogen) atoms. The summed E-state index contributed by atoms with van der Waals surface area (Å²) in [4.78, 5) is 13.4. The third-order valence-electron chi connectivity index (χ3n) is 8.45. The van der Waals surface area contributed by atoms with E-state index < -0.39 is 44.2 Å². The highest BCUT2D eigenvalue weighted by molar-refractivity contribution is 7.90. The number of rotatable bonds is 14. The Bertz CT molecular complexity index is 1750. The summed E-state index contributed by atoms with van der Waals surface area (Å²) in [5, 5.41) is 14.2. The summed E-state index contributed by atoms with van der Waals surface area (Å²) in [7, 11) is -3.97. The molecule has 0 aromatic heterocycles. The molecule has 0 radical (unpaired) electrons. The minimum Gasteiger partial charge on any atom is -0.497 e. The van der Waals surface area contributed by atoms with Crippen molar-refractivity contribution in [2.45, 2.75) is 61.0 Å². The maximum atomic E-state index is 13.6. The normalized spacial score (nSPS) is 19.8. The number of aliphatic hydroxyl groups is 1. The molecule has 3 aromatic rings. The maximum Gasteiger partial charge on any atom is 0.407 e. The zero-order chi connectivity index (χ0) is 37.2. The fourth-order valence-electron chi connectivity index (χ4n) is 5.76. The summed E-state index contributed by atoms with van der Waals surface area (Å²) in [6.07, 6.45) is -0.510. The van der Waals surface area contributed by atoms with Crippen molar-refractivity contribution in [3.63, 3.8) is 0 Å². The van der Waals surface area contributed by atoms with Crippen molar-refractivity contribution < 1.29 is 50.4 Å². The van der Waals surface area contributed by atoms with Gasteiger partial charge in [-0.15, -0.1) is 0 Å². The van der Waals surface area contributed by atoms with Gasteiger partial charge in [0.15, 0.2) is 16.1 Å². The standard InChI is InChI=1S/C28H38N2O8S.C8H10O3S/c1-19(2)16-30(39(33,34)22-11-9-21(35-3)10-12-22)17-25(31)24(15-20-7-5-4-6-8-20)29-28(32)38-26-18-37-27-23(26)13-14-36-27;1-11-7-3-5-8(6-4-7)12(2,9)10/h4-12,19,23-27,31H,13-18H2,1-3H3,(H,29,32);3-6H,1-2H3/t23-,24+,25-,26?,27+;/m1./s1. The van der Waals surface area contributed by atoms with E-state index in [1.807, 2.05) is 44.2 Å². The van der Waals surface area contributed by atoms with Gasteiger partial charge in [-0.1, -0.05) is 44.2 Å². The Kier molecular flexibility index (Phi) is 14.3. The van der Waals surface area contributed by atoms with Crippen molar-refractivity contribution in [2.24, 2.45) is 11.8 Å². The van der Waals surface area contributed by atoms with Crippen LogP contribution in [-0.2, 0) is 40.5 Å². The van der Waals surface area contributed by atoms with Crippen LogP contribution in [-0.4, -0.2) is 104 Å². The fraction of sp³-hybridized carbons (Fsp3) is 0.472. The maximum absolute atomic E-state index is 13.6. The van der Waals surface area contributed by atoms with Gasteiger partial charge in [-0.05, 0) is 72.9 Å². The van der Waals surface area contributed by atoms with E-state index >= 15 is 0 Å². The molecule has 3 aromatic carbocycles. The third kappa shape index (κ3) is 11.4. The predicted molar refractivity (Wildman–Crippen MR) is 190 cm³/mol. The van der Waals surface area contributed by atoms with Crippen molar-refractivity contribution in [1.82, 2.24) is 9.62 Å². The second-order valence-electron chi connectivity index (χ2n) is 12.8. The van der Waals surface area contributed by atoms with Crippen LogP contribution in [0.5, 0.6) is 11.5 Å². The molecule has 280 valence electrons. The number of nitrogens with one attached hydrogen (secondary N) is 1. The van der Waals surface area contributed by atoms with E-state index in [4.69, 9.17) is 23.7 Å². The fourth-order valence-corrected chi connectivity index (χ4v) is 8.01. The molecule has 1 amide bonds. The number of sulfone groups is 1. The quantitative estimate of drug-likeness (QED) is 0.246. The summed E-state index contributed by atoms with van der Waals surface area (Å²) in [5.74, 6) is 1.17. The van der Waals surface area contributed by atoms with E-state index in [1.165, 1.54) is 49.0 Å². The van der Waals surface area contributed by atoms with Gasteiger partial charge in [0, 0.05) is 19.3 Å². The number of hydrogen-bond acceptors (Lipinski definition) is 11. The molecular formula is C36H48N2O11S2. The summed E-state index contributed by atoms with van der Waals surface area (Å²) in [5.41, 5.74) is 0.878. The minimum atomic E-state index is -3.94. The van der Waals surface area contributed by atoms with Gasteiger partial charge in [-0.2, -0.15) is 4.31 Å². The molecular weight excluding hydrogens is 701 g/mol. The SMILES string of the molecule is COc1ccc(S(=O)(=O)N(CC(C)C)C[C@@H](O)[C@H](Cc2ccccc2)NC(=O)OC2CO[C@@H]3OCC[C@H]23)cc1.COc1ccc(S(C)(=O)=O)cc1. The van der Waals surface area contributed by atoms with Crippen LogP contribution in [0.15, 0.2) is 88.7 Å². The number of benzene rings is 3. The number of carbonyl (C=O) groups excluding carboxylic acids is 1. The predicted octanol–water partition coefficient (Wildman–Crippen LogP) is 3.90. The van der Waals surface area contributed by atoms with Crippen LogP contribution in [0.2, 0.25) is 0 Å². The number of aliphatic hydroxyl groups excluding tert-OH is 1. The lowest BCUT2D eigenvalue weighted by atomic mass is 10.0. The molecule has 0 bridgehead atoms. The second-order valence-corrected chi connectivity index (χ2v) is 16.8. The molecule has 2 heterocycles. The highest BCUT2D eigenvalue weighted by Crippen LogP contribution is 2.33. The molecule has 15 heteroatoms. The molecule has 0 saturated carbocycles. The number of nitrogens with zero attached hydrogens (tertiary/aromatic N) is 1. The number of alkyl carbamates (subject to hydrolysis) is 1. The molecule has 0 aliphatic carbocycles. The molecule has 5 rings (SSSR count). The topological polar surface area (TPSA) is 167 Å². The second kappa shape index (κ2) is 18.2. The van der Waals surface area contributed by atoms with Crippen molar-refractivity contribution in [1.29, 1.82) is 0 Å². The first-order valence-electron chi connectivity index (χ1n) is 16.6. The van der Waals surface area contributed by atoms with Gasteiger partial charge in [0.05, 0.1) is 55.3 Å². The Morgan fingerprint density at radius 3 is 2.02 bits per heavy atom. The molecule has 5 atom stereocenters. The van der Waals surface area contributed by atoms with E-state index in [0.29, 0.717) is 23.0 Å². The smallest absolute Gasteiger partial charge is 0.407 e. The first-order chi connectivity index (χ1) is 24.2. The average molecular weight is 749 g/mol. The zero-order valence-electron chi connectivity index (χ0n) is 29.5. The van der Waals surface area contributed by atoms with Crippen molar-refractivity contribution in [3.8, 4) is 11.5 Å². The van der Waals surface area contributed by atoms with Gasteiger partial charge in [0.25, 0.3) is 0 Å². The Labute approximate surface area is 300 Å². The van der Waals surface area contributed by atoms with Gasteiger partial charge < -0.3 is 34.1 Å². The lowest BCUT2D eigenvalue weighted by molar-refractivity contribution is -0.0907. The first kappa shape index (κ1) is 40.0. The van der Waals surface area contributed by atoms with Gasteiger partial charge >= 0.3 is 6.09 Å². The molecule has 2 N–H and O–H groups in total. The van der Waals surface area contributed by atoms with Crippen molar-refractivity contribution in [3.05, 3.63) is 84.4 Å². The monoisotopic (exact) mass is 748 g/mol. The number of methoxy groups -OCH3 is 2. The van der Waals surface area contributed by atoms with Crippen LogP contribution in [0.1, 0.15) is 25.8 Å². The van der Waals surface area contributed by atoms with E-state index in [1.54, 1.807) is 24.3 Å². The molecule has 2 fully saturated rings. The number of sulfonamides is 1. The van der Waals surface area contributed by atoms with Crippen molar-refractivity contribution in [2.75, 3.05) is 46.8 Å². The largest absolute Gasteiger partial charge is 0.497 e. The van der Waals surface area contributed by atoms with E-state index in [0.717, 1.165) is 12.0 Å². The van der Waals surface area contributed by atoms with E-state index in [2.05, 4.69) is 5.32 Å². The molecule has 2 saturated heterocycles. The van der Waals surface area contributed by atoms with Gasteiger partial charge in [0.1, 0.15) is 17.6 Å². The Morgan fingerprint density at radius 2 is 1.47 bits per heavy atom. The van der Waals surface area contributed by atoms with E-state index in [9.17, 15) is 26.7 Å². The molecule has 1 unspecified atom stereocenters. The van der Waals surface area contributed by atoms with Gasteiger partial charge in [-0.3, -0.25) is 0 Å². The number of amides is 1. The summed E-state index contributed by atoms with van der Waals surface area (Å²) in [6, 6.07) is 21.0. The lowest BCUT2D eigenvalue weighted by Crippen LogP contribution is -2.51. The van der Waals surface area contributed by atoms with Crippen LogP contribution in [0.3, 0.4) is 0 Å². The summed E-state index contributed by atoms with van der Waals surface area (Å²) >= 11 is 0. The Hall–Kier alpha value is -3.73. The summed E-state index contributed by atoms with van der Waals surface area (Å²) in [6.45, 7) is 4.59. The van der Waals surface area contributed by atoms with Crippen LogP contribution in [0, 0.1) is 11.8 Å². The van der Waals surface area contributed by atoms with Crippen LogP contribution >= 0.6 is 0 Å². The number of hydrogen-bond donors (Lipinski definition) is 2. The minimum absolute atomic E-state index is 0.000311. The highest BCUT2D eigenvalue weighted by Gasteiger charge is 2.44. The molecule has 13 nitrogen and oxygen atoms in total. The average Bonchev–Trinajstić information content (AvgIpc) is 3.73. The molecule has 2 aliphatic heterocycles. The first-order valence-corrected chi connectivity index (χ1v) is 19.9. The van der Waals surface area contributed by atoms with Crippen molar-refractivity contribution >= 4 is 26.0 Å². The Balaban J connectivity index is 0.000000411. The summed E-state index contributed by atoms with van der Waals surface area (Å²) < 4.78 is 77.2. The highest BCUT2D eigenvalue weighted by atomic mass is 32.2. The van der Waals surface area contributed by atoms with Crippen LogP contribution in [0.4, 0.5) is 4.79 Å². The van der Waals surface area contributed by atoms with Crippen LogP contribution < -0.4 is 14.8 Å².